The average molecular weight is 338 g/mol. The number of hydrogen-bond donors (Lipinski definition) is 0. The zero-order chi connectivity index (χ0) is 10.7. The van der Waals surface area contributed by atoms with E-state index in [1.807, 2.05) is 6.07 Å². The lowest BCUT2D eigenvalue weighted by Crippen LogP contribution is -2.35. The van der Waals surface area contributed by atoms with E-state index in [0.29, 0.717) is 0 Å². The number of morpholine rings is 1. The molecule has 0 N–H and O–H groups in total. The minimum Gasteiger partial charge on any atom is -0.379 e. The first-order valence-electron chi connectivity index (χ1n) is 5.00. The molecule has 1 aliphatic rings. The van der Waals surface area contributed by atoms with Crippen molar-refractivity contribution in [2.24, 2.45) is 0 Å². The normalized spacial score (nSPS) is 18.0. The lowest BCUT2D eigenvalue weighted by molar-refractivity contribution is 0.0342. The molecular formula is C11H13ClINO. The molecule has 1 aliphatic heterocycles. The van der Waals surface area contributed by atoms with Gasteiger partial charge in [0.15, 0.2) is 0 Å². The molecule has 0 atom stereocenters. The number of ether oxygens (including phenoxy) is 1. The van der Waals surface area contributed by atoms with Gasteiger partial charge in [-0.3, -0.25) is 4.90 Å². The summed E-state index contributed by atoms with van der Waals surface area (Å²) >= 11 is 8.52. The Morgan fingerprint density at radius 3 is 2.80 bits per heavy atom. The van der Waals surface area contributed by atoms with Gasteiger partial charge >= 0.3 is 0 Å². The highest BCUT2D eigenvalue weighted by atomic mass is 127. The monoisotopic (exact) mass is 337 g/mol. The Morgan fingerprint density at radius 2 is 2.07 bits per heavy atom. The summed E-state index contributed by atoms with van der Waals surface area (Å²) < 4.78 is 6.44. The van der Waals surface area contributed by atoms with E-state index in [9.17, 15) is 0 Å². The minimum absolute atomic E-state index is 0.835. The average Bonchev–Trinajstić information content (AvgIpc) is 2.26. The first-order chi connectivity index (χ1) is 7.27. The van der Waals surface area contributed by atoms with Crippen LogP contribution in [0.25, 0.3) is 0 Å². The smallest absolute Gasteiger partial charge is 0.0594 e. The number of hydrogen-bond acceptors (Lipinski definition) is 2. The Hall–Kier alpha value is 0.160. The number of rotatable bonds is 2. The van der Waals surface area contributed by atoms with Gasteiger partial charge in [0, 0.05) is 23.2 Å². The fraction of sp³-hybridized carbons (Fsp3) is 0.455. The van der Waals surface area contributed by atoms with Crippen molar-refractivity contribution in [1.82, 2.24) is 4.90 Å². The van der Waals surface area contributed by atoms with Gasteiger partial charge in [0.25, 0.3) is 0 Å². The fourth-order valence-electron chi connectivity index (χ4n) is 1.67. The van der Waals surface area contributed by atoms with Gasteiger partial charge < -0.3 is 4.74 Å². The Kier molecular flexibility index (Phi) is 4.25. The van der Waals surface area contributed by atoms with E-state index in [-0.39, 0.29) is 0 Å². The summed E-state index contributed by atoms with van der Waals surface area (Å²) in [5.74, 6) is 0. The first-order valence-corrected chi connectivity index (χ1v) is 6.46. The molecular weight excluding hydrogens is 324 g/mol. The summed E-state index contributed by atoms with van der Waals surface area (Å²) in [6.45, 7) is 4.60. The molecule has 2 nitrogen and oxygen atoms in total. The Bertz CT molecular complexity index is 339. The molecule has 0 saturated carbocycles. The molecule has 82 valence electrons. The minimum atomic E-state index is 0.835. The first kappa shape index (κ1) is 11.6. The number of nitrogens with zero attached hydrogens (tertiary/aromatic N) is 1. The van der Waals surface area contributed by atoms with Crippen LogP contribution >= 0.6 is 34.2 Å². The molecule has 1 aromatic carbocycles. The van der Waals surface area contributed by atoms with Crippen LogP contribution in [-0.2, 0) is 11.3 Å². The predicted octanol–water partition coefficient (Wildman–Crippen LogP) is 2.78. The predicted molar refractivity (Wildman–Crippen MR) is 70.3 cm³/mol. The van der Waals surface area contributed by atoms with Gasteiger partial charge in [-0.1, -0.05) is 23.7 Å². The zero-order valence-corrected chi connectivity index (χ0v) is 11.3. The van der Waals surface area contributed by atoms with E-state index >= 15 is 0 Å². The second kappa shape index (κ2) is 5.48. The number of benzene rings is 1. The van der Waals surface area contributed by atoms with Crippen LogP contribution in [0.2, 0.25) is 5.02 Å². The van der Waals surface area contributed by atoms with Gasteiger partial charge in [0.2, 0.25) is 0 Å². The van der Waals surface area contributed by atoms with Crippen LogP contribution in [-0.4, -0.2) is 31.2 Å². The van der Waals surface area contributed by atoms with Crippen LogP contribution in [0, 0.1) is 3.57 Å². The van der Waals surface area contributed by atoms with Crippen LogP contribution in [0.1, 0.15) is 5.56 Å². The molecule has 0 bridgehead atoms. The molecule has 0 unspecified atom stereocenters. The molecule has 1 aromatic rings. The molecule has 2 rings (SSSR count). The molecule has 0 aliphatic carbocycles. The second-order valence-corrected chi connectivity index (χ2v) is 5.14. The standard InChI is InChI=1S/C11H13ClINO/c12-11-9(2-1-3-10(11)13)8-14-4-6-15-7-5-14/h1-3H,4-8H2. The lowest BCUT2D eigenvalue weighted by Gasteiger charge is -2.27. The molecule has 0 spiro atoms. The third-order valence-electron chi connectivity index (χ3n) is 2.53. The van der Waals surface area contributed by atoms with Gasteiger partial charge in [-0.05, 0) is 34.2 Å². The van der Waals surface area contributed by atoms with Gasteiger partial charge in [0.05, 0.1) is 18.2 Å². The van der Waals surface area contributed by atoms with E-state index < -0.39 is 0 Å². The zero-order valence-electron chi connectivity index (χ0n) is 8.38. The SMILES string of the molecule is Clc1c(I)cccc1CN1CCOCC1. The molecule has 1 fully saturated rings. The van der Waals surface area contributed by atoms with Crippen LogP contribution in [0.15, 0.2) is 18.2 Å². The van der Waals surface area contributed by atoms with Crippen molar-refractivity contribution in [2.75, 3.05) is 26.3 Å². The maximum atomic E-state index is 6.25. The van der Waals surface area contributed by atoms with Crippen LogP contribution in [0.3, 0.4) is 0 Å². The molecule has 0 amide bonds. The summed E-state index contributed by atoms with van der Waals surface area (Å²) in [7, 11) is 0. The largest absolute Gasteiger partial charge is 0.379 e. The Labute approximate surface area is 109 Å². The molecule has 0 radical (unpaired) electrons. The summed E-state index contributed by atoms with van der Waals surface area (Å²) in [6, 6.07) is 6.19. The van der Waals surface area contributed by atoms with Gasteiger partial charge in [-0.25, -0.2) is 0 Å². The van der Waals surface area contributed by atoms with E-state index in [1.165, 1.54) is 5.56 Å². The van der Waals surface area contributed by atoms with E-state index in [4.69, 9.17) is 16.3 Å². The van der Waals surface area contributed by atoms with Crippen LogP contribution in [0.4, 0.5) is 0 Å². The summed E-state index contributed by atoms with van der Waals surface area (Å²) in [5, 5.41) is 0.893. The molecule has 1 heterocycles. The number of halogens is 2. The molecule has 0 aromatic heterocycles. The Balaban J connectivity index is 2.06. The van der Waals surface area contributed by atoms with Crippen molar-refractivity contribution >= 4 is 34.2 Å². The quantitative estimate of drug-likeness (QED) is 0.770. The molecule has 4 heteroatoms. The highest BCUT2D eigenvalue weighted by Gasteiger charge is 2.12. The lowest BCUT2D eigenvalue weighted by atomic mass is 10.2. The third kappa shape index (κ3) is 3.06. The van der Waals surface area contributed by atoms with Gasteiger partial charge in [-0.2, -0.15) is 0 Å². The molecule has 1 saturated heterocycles. The Morgan fingerprint density at radius 1 is 1.33 bits per heavy atom. The molecule has 15 heavy (non-hydrogen) atoms. The van der Waals surface area contributed by atoms with E-state index in [0.717, 1.165) is 41.4 Å². The topological polar surface area (TPSA) is 12.5 Å². The summed E-state index contributed by atoms with van der Waals surface area (Å²) in [6.07, 6.45) is 0. The van der Waals surface area contributed by atoms with Crippen LogP contribution in [0.5, 0.6) is 0 Å². The van der Waals surface area contributed by atoms with Gasteiger partial charge in [0.1, 0.15) is 0 Å². The second-order valence-electron chi connectivity index (χ2n) is 3.60. The highest BCUT2D eigenvalue weighted by Crippen LogP contribution is 2.24. The van der Waals surface area contributed by atoms with Gasteiger partial charge in [-0.15, -0.1) is 0 Å². The maximum absolute atomic E-state index is 6.25. The summed E-state index contributed by atoms with van der Waals surface area (Å²) in [5.41, 5.74) is 1.21. The van der Waals surface area contributed by atoms with Crippen molar-refractivity contribution in [3.8, 4) is 0 Å². The van der Waals surface area contributed by atoms with Crippen molar-refractivity contribution in [3.63, 3.8) is 0 Å². The van der Waals surface area contributed by atoms with E-state index in [1.54, 1.807) is 0 Å². The van der Waals surface area contributed by atoms with Crippen molar-refractivity contribution in [1.29, 1.82) is 0 Å². The van der Waals surface area contributed by atoms with Crippen molar-refractivity contribution < 1.29 is 4.74 Å². The maximum Gasteiger partial charge on any atom is 0.0594 e. The summed E-state index contributed by atoms with van der Waals surface area (Å²) in [4.78, 5) is 2.38. The third-order valence-corrected chi connectivity index (χ3v) is 4.19. The fourth-order valence-corrected chi connectivity index (χ4v) is 2.41. The van der Waals surface area contributed by atoms with Crippen LogP contribution < -0.4 is 0 Å². The highest BCUT2D eigenvalue weighted by molar-refractivity contribution is 14.1. The van der Waals surface area contributed by atoms with Crippen molar-refractivity contribution in [3.05, 3.63) is 32.4 Å². The van der Waals surface area contributed by atoms with Crippen molar-refractivity contribution in [2.45, 2.75) is 6.54 Å². The van der Waals surface area contributed by atoms with E-state index in [2.05, 4.69) is 39.6 Å².